The van der Waals surface area contributed by atoms with Gasteiger partial charge in [-0.25, -0.2) is 0 Å². The number of para-hydroxylation sites is 1. The highest BCUT2D eigenvalue weighted by molar-refractivity contribution is 8.07. The summed E-state index contributed by atoms with van der Waals surface area (Å²) in [6.07, 6.45) is -1.04. The maximum absolute atomic E-state index is 13.0. The van der Waals surface area contributed by atoms with Gasteiger partial charge in [-0.1, -0.05) is 103 Å². The summed E-state index contributed by atoms with van der Waals surface area (Å²) in [6.45, 7) is 1.00. The van der Waals surface area contributed by atoms with E-state index in [-0.39, 0.29) is 27.0 Å². The predicted molar refractivity (Wildman–Crippen MR) is 185 cm³/mol. The number of nitriles is 1. The number of rotatable bonds is 11. The molecule has 1 heterocycles. The molecule has 0 spiro atoms. The van der Waals surface area contributed by atoms with E-state index in [0.29, 0.717) is 22.1 Å². The Morgan fingerprint density at radius 3 is 2.07 bits per heavy atom. The minimum atomic E-state index is -2.88. The van der Waals surface area contributed by atoms with E-state index in [1.165, 1.54) is 20.3 Å². The lowest BCUT2D eigenvalue weighted by Crippen LogP contribution is -2.22. The number of nitrogens with zero attached hydrogens (tertiary/aromatic N) is 2. The van der Waals surface area contributed by atoms with Crippen molar-refractivity contribution in [3.05, 3.63) is 116 Å². The SMILES string of the molecule is CC(C)[C@H](C(=O)O[C@H](C#N)c1cccc(Oc2ccccc2)c1)c1ccc(Cl)cc1.COP(=S)(OC)Oc1nc(Cl)c(Cl)cc1Cl. The first-order valence-electron chi connectivity index (χ1n) is 13.5. The van der Waals surface area contributed by atoms with Crippen molar-refractivity contribution in [3.63, 3.8) is 0 Å². The highest BCUT2D eigenvalue weighted by Crippen LogP contribution is 2.49. The van der Waals surface area contributed by atoms with Crippen molar-refractivity contribution in [2.75, 3.05) is 14.2 Å². The van der Waals surface area contributed by atoms with Crippen LogP contribution in [0.1, 0.15) is 37.0 Å². The van der Waals surface area contributed by atoms with Crippen LogP contribution < -0.4 is 9.26 Å². The van der Waals surface area contributed by atoms with Crippen molar-refractivity contribution in [1.29, 1.82) is 5.26 Å². The minimum Gasteiger partial charge on any atom is -0.457 e. The second-order valence-electron chi connectivity index (χ2n) is 9.66. The van der Waals surface area contributed by atoms with Gasteiger partial charge in [0.05, 0.1) is 10.9 Å². The summed E-state index contributed by atoms with van der Waals surface area (Å²) < 4.78 is 26.5. The van der Waals surface area contributed by atoms with Crippen LogP contribution in [0.15, 0.2) is 84.9 Å². The molecule has 14 heteroatoms. The molecule has 0 saturated carbocycles. The van der Waals surface area contributed by atoms with E-state index in [1.54, 1.807) is 36.4 Å². The molecular formula is C32H29Cl4N2O6PS. The maximum Gasteiger partial charge on any atom is 0.381 e. The fourth-order valence-corrected chi connectivity index (χ4v) is 5.50. The van der Waals surface area contributed by atoms with Crippen LogP contribution in [0.4, 0.5) is 0 Å². The topological polar surface area (TPSA) is 99.9 Å². The average molecular weight is 742 g/mol. The zero-order chi connectivity index (χ0) is 33.9. The van der Waals surface area contributed by atoms with Crippen LogP contribution >= 0.6 is 53.1 Å². The lowest BCUT2D eigenvalue weighted by molar-refractivity contribution is -0.150. The van der Waals surface area contributed by atoms with Crippen LogP contribution in [0.2, 0.25) is 20.2 Å². The van der Waals surface area contributed by atoms with Crippen LogP contribution in [0.3, 0.4) is 0 Å². The van der Waals surface area contributed by atoms with E-state index in [0.717, 1.165) is 5.56 Å². The number of halogens is 4. The molecule has 3 aromatic carbocycles. The van der Waals surface area contributed by atoms with Gasteiger partial charge in [0.1, 0.15) is 22.6 Å². The Morgan fingerprint density at radius 1 is 0.848 bits per heavy atom. The van der Waals surface area contributed by atoms with Gasteiger partial charge >= 0.3 is 12.7 Å². The molecule has 4 aromatic rings. The number of hydrogen-bond acceptors (Lipinski definition) is 9. The van der Waals surface area contributed by atoms with Gasteiger partial charge in [-0.3, -0.25) is 4.79 Å². The fourth-order valence-electron chi connectivity index (χ4n) is 3.93. The molecule has 0 saturated heterocycles. The second-order valence-corrected chi connectivity index (χ2v) is 14.4. The smallest absolute Gasteiger partial charge is 0.381 e. The molecule has 0 fully saturated rings. The summed E-state index contributed by atoms with van der Waals surface area (Å²) >= 11 is 28.2. The van der Waals surface area contributed by atoms with Gasteiger partial charge in [0, 0.05) is 36.6 Å². The lowest BCUT2D eigenvalue weighted by atomic mass is 9.88. The summed E-state index contributed by atoms with van der Waals surface area (Å²) in [4.78, 5) is 16.8. The number of aromatic nitrogens is 1. The molecule has 0 aliphatic carbocycles. The van der Waals surface area contributed by atoms with Crippen molar-refractivity contribution >= 4 is 70.9 Å². The van der Waals surface area contributed by atoms with Gasteiger partial charge < -0.3 is 23.0 Å². The Kier molecular flexibility index (Phi) is 14.6. The van der Waals surface area contributed by atoms with Crippen LogP contribution in [-0.4, -0.2) is 25.2 Å². The first-order valence-corrected chi connectivity index (χ1v) is 17.6. The van der Waals surface area contributed by atoms with Gasteiger partial charge in [-0.2, -0.15) is 10.2 Å². The summed E-state index contributed by atoms with van der Waals surface area (Å²) in [6, 6.07) is 26.9. The molecule has 46 heavy (non-hydrogen) atoms. The molecule has 8 nitrogen and oxygen atoms in total. The van der Waals surface area contributed by atoms with E-state index in [1.807, 2.05) is 56.3 Å². The molecule has 0 aliphatic heterocycles. The zero-order valence-corrected chi connectivity index (χ0v) is 29.8. The van der Waals surface area contributed by atoms with Gasteiger partial charge in [0.25, 0.3) is 0 Å². The molecule has 242 valence electrons. The van der Waals surface area contributed by atoms with E-state index in [4.69, 9.17) is 81.3 Å². The Hall–Kier alpha value is -2.90. The first kappa shape index (κ1) is 37.6. The highest BCUT2D eigenvalue weighted by atomic mass is 35.5. The summed E-state index contributed by atoms with van der Waals surface area (Å²) in [7, 11) is 2.74. The molecule has 0 radical (unpaired) electrons. The molecule has 0 amide bonds. The normalized spacial score (nSPS) is 12.3. The van der Waals surface area contributed by atoms with Crippen molar-refractivity contribution in [1.82, 2.24) is 4.98 Å². The van der Waals surface area contributed by atoms with E-state index < -0.39 is 24.7 Å². The van der Waals surface area contributed by atoms with Crippen LogP contribution in [0.5, 0.6) is 17.4 Å². The number of carbonyl (C=O) groups is 1. The molecule has 4 rings (SSSR count). The van der Waals surface area contributed by atoms with E-state index in [2.05, 4.69) is 11.1 Å². The minimum absolute atomic E-state index is 0.00855. The molecule has 0 unspecified atom stereocenters. The van der Waals surface area contributed by atoms with Gasteiger partial charge in [0.2, 0.25) is 12.0 Å². The molecule has 0 bridgehead atoms. The Balaban J connectivity index is 0.000000304. The molecule has 0 aliphatic rings. The molecule has 0 N–H and O–H groups in total. The summed E-state index contributed by atoms with van der Waals surface area (Å²) in [5.41, 5.74) is 1.36. The zero-order valence-electron chi connectivity index (χ0n) is 25.0. The number of hydrogen-bond donors (Lipinski definition) is 0. The molecular weight excluding hydrogens is 713 g/mol. The molecule has 2 atom stereocenters. The Morgan fingerprint density at radius 2 is 1.48 bits per heavy atom. The van der Waals surface area contributed by atoms with Crippen molar-refractivity contribution in [2.24, 2.45) is 5.92 Å². The third-order valence-electron chi connectivity index (χ3n) is 6.14. The van der Waals surface area contributed by atoms with Gasteiger partial charge in [-0.15, -0.1) is 0 Å². The third kappa shape index (κ3) is 10.8. The van der Waals surface area contributed by atoms with Crippen molar-refractivity contribution in [2.45, 2.75) is 25.9 Å². The lowest BCUT2D eigenvalue weighted by Gasteiger charge is -2.22. The Bertz CT molecular complexity index is 1700. The third-order valence-corrected chi connectivity index (χ3v) is 9.75. The summed E-state index contributed by atoms with van der Waals surface area (Å²) in [5.74, 6) is 0.319. The van der Waals surface area contributed by atoms with Crippen molar-refractivity contribution < 1.29 is 27.8 Å². The Labute approximate surface area is 293 Å². The van der Waals surface area contributed by atoms with Crippen molar-refractivity contribution in [3.8, 4) is 23.4 Å². The number of pyridine rings is 1. The monoisotopic (exact) mass is 740 g/mol. The summed E-state index contributed by atoms with van der Waals surface area (Å²) in [5, 5.41) is 10.7. The van der Waals surface area contributed by atoms with Crippen LogP contribution in [0, 0.1) is 17.2 Å². The highest BCUT2D eigenvalue weighted by Gasteiger charge is 2.29. The number of benzene rings is 3. The fraction of sp³-hybridized carbons (Fsp3) is 0.219. The average Bonchev–Trinajstić information content (AvgIpc) is 3.04. The second kappa shape index (κ2) is 17.9. The number of carbonyl (C=O) groups excluding carboxylic acids is 1. The van der Waals surface area contributed by atoms with Gasteiger partial charge in [0.15, 0.2) is 5.15 Å². The van der Waals surface area contributed by atoms with E-state index in [9.17, 15) is 10.1 Å². The largest absolute Gasteiger partial charge is 0.457 e. The van der Waals surface area contributed by atoms with Crippen LogP contribution in [0.25, 0.3) is 0 Å². The standard InChI is InChI=1S/C25H22ClNO3.C7H7Cl3NO3PS/c1-17(2)24(18-11-13-20(26)14-12-18)25(28)30-23(16-27)19-7-6-10-22(15-19)29-21-8-4-3-5-9-21;1-12-15(16,13-2)14-7-5(9)3-4(8)6(10)11-7/h3-15,17,23-24H,1-2H3;3H,1-2H3/t23-,24+;/m1./s1. The maximum atomic E-state index is 13.0. The van der Waals surface area contributed by atoms with Crippen LogP contribution in [-0.2, 0) is 30.4 Å². The van der Waals surface area contributed by atoms with E-state index >= 15 is 0 Å². The number of ether oxygens (including phenoxy) is 2. The predicted octanol–water partition coefficient (Wildman–Crippen LogP) is 10.6. The molecule has 1 aromatic heterocycles. The number of esters is 1. The first-order chi connectivity index (χ1) is 21.9. The quantitative estimate of drug-likeness (QED) is 0.0844. The van der Waals surface area contributed by atoms with Gasteiger partial charge in [-0.05, 0) is 53.9 Å².